The summed E-state index contributed by atoms with van der Waals surface area (Å²) in [6.07, 6.45) is 3.57. The predicted octanol–water partition coefficient (Wildman–Crippen LogP) is 4.40. The van der Waals surface area contributed by atoms with E-state index in [9.17, 15) is 4.79 Å². The molecule has 0 unspecified atom stereocenters. The maximum Gasteiger partial charge on any atom is 0.255 e. The highest BCUT2D eigenvalue weighted by Crippen LogP contribution is 2.19. The smallest absolute Gasteiger partial charge is 0.255 e. The van der Waals surface area contributed by atoms with Gasteiger partial charge < -0.3 is 4.74 Å². The van der Waals surface area contributed by atoms with Gasteiger partial charge >= 0.3 is 0 Å². The van der Waals surface area contributed by atoms with Crippen LogP contribution in [0.2, 0.25) is 0 Å². The predicted molar refractivity (Wildman–Crippen MR) is 118 cm³/mol. The summed E-state index contributed by atoms with van der Waals surface area (Å²) in [5, 5.41) is 0. The topological polar surface area (TPSA) is 47.4 Å². The fourth-order valence-electron chi connectivity index (χ4n) is 3.48. The molecule has 5 heteroatoms. The van der Waals surface area contributed by atoms with Gasteiger partial charge in [0.1, 0.15) is 12.4 Å². The summed E-state index contributed by atoms with van der Waals surface area (Å²) >= 11 is 0. The SMILES string of the molecule is CC(C)N(CCOc1cccc(-n2cc(-c3ccccn3)ccc2=O)c1)C(C)C. The molecule has 29 heavy (non-hydrogen) atoms. The number of rotatable bonds is 8. The number of pyridine rings is 2. The second-order valence-corrected chi connectivity index (χ2v) is 7.61. The van der Waals surface area contributed by atoms with Gasteiger partial charge in [-0.1, -0.05) is 12.1 Å². The molecule has 0 saturated heterocycles. The number of aromatic nitrogens is 2. The molecule has 3 rings (SSSR count). The van der Waals surface area contributed by atoms with Crippen molar-refractivity contribution in [3.05, 3.63) is 77.3 Å². The largest absolute Gasteiger partial charge is 0.492 e. The lowest BCUT2D eigenvalue weighted by Gasteiger charge is -2.30. The third-order valence-electron chi connectivity index (χ3n) is 4.91. The lowest BCUT2D eigenvalue weighted by Crippen LogP contribution is -2.39. The van der Waals surface area contributed by atoms with Crippen LogP contribution in [0.3, 0.4) is 0 Å². The van der Waals surface area contributed by atoms with Crippen molar-refractivity contribution >= 4 is 0 Å². The minimum atomic E-state index is -0.0902. The van der Waals surface area contributed by atoms with Crippen molar-refractivity contribution in [2.45, 2.75) is 39.8 Å². The van der Waals surface area contributed by atoms with Gasteiger partial charge in [0.05, 0.1) is 11.4 Å². The van der Waals surface area contributed by atoms with Crippen LogP contribution in [0.4, 0.5) is 0 Å². The Morgan fingerprint density at radius 2 is 1.79 bits per heavy atom. The molecular formula is C24H29N3O2. The lowest BCUT2D eigenvalue weighted by molar-refractivity contribution is 0.142. The second-order valence-electron chi connectivity index (χ2n) is 7.61. The minimum absolute atomic E-state index is 0.0902. The standard InChI is InChI=1S/C24H29N3O2/c1-18(2)26(19(3)4)14-15-29-22-9-7-8-21(16-22)27-17-20(11-12-24(27)28)23-10-5-6-13-25-23/h5-13,16-19H,14-15H2,1-4H3. The van der Waals surface area contributed by atoms with Gasteiger partial charge in [0.25, 0.3) is 5.56 Å². The zero-order valence-corrected chi connectivity index (χ0v) is 17.6. The first-order valence-electron chi connectivity index (χ1n) is 10.1. The molecule has 0 N–H and O–H groups in total. The molecular weight excluding hydrogens is 362 g/mol. The molecule has 0 spiro atoms. The van der Waals surface area contributed by atoms with Crippen LogP contribution in [-0.4, -0.2) is 39.7 Å². The first kappa shape index (κ1) is 20.8. The Bertz CT molecular complexity index is 973. The van der Waals surface area contributed by atoms with Crippen molar-refractivity contribution in [3.8, 4) is 22.7 Å². The van der Waals surface area contributed by atoms with Gasteiger partial charge in [-0.2, -0.15) is 0 Å². The summed E-state index contributed by atoms with van der Waals surface area (Å²) in [5.74, 6) is 0.755. The molecule has 5 nitrogen and oxygen atoms in total. The van der Waals surface area contributed by atoms with E-state index < -0.39 is 0 Å². The summed E-state index contributed by atoms with van der Waals surface area (Å²) in [4.78, 5) is 19.2. The molecule has 0 aliphatic carbocycles. The van der Waals surface area contributed by atoms with Gasteiger partial charge in [-0.05, 0) is 58.0 Å². The van der Waals surface area contributed by atoms with E-state index in [1.165, 1.54) is 0 Å². The van der Waals surface area contributed by atoms with Gasteiger partial charge in [-0.3, -0.25) is 19.2 Å². The Labute approximate surface area is 172 Å². The molecule has 0 aliphatic heterocycles. The number of hydrogen-bond acceptors (Lipinski definition) is 4. The van der Waals surface area contributed by atoms with E-state index in [1.54, 1.807) is 22.9 Å². The van der Waals surface area contributed by atoms with Crippen LogP contribution >= 0.6 is 0 Å². The van der Waals surface area contributed by atoms with Crippen LogP contribution in [0.1, 0.15) is 27.7 Å². The zero-order valence-electron chi connectivity index (χ0n) is 17.6. The van der Waals surface area contributed by atoms with Crippen molar-refractivity contribution in [2.75, 3.05) is 13.2 Å². The van der Waals surface area contributed by atoms with E-state index >= 15 is 0 Å². The Hall–Kier alpha value is -2.92. The summed E-state index contributed by atoms with van der Waals surface area (Å²) in [6, 6.07) is 17.7. The Kier molecular flexibility index (Phi) is 6.83. The van der Waals surface area contributed by atoms with E-state index in [2.05, 4.69) is 37.6 Å². The maximum absolute atomic E-state index is 12.5. The van der Waals surface area contributed by atoms with Gasteiger partial charge in [0, 0.05) is 48.7 Å². The van der Waals surface area contributed by atoms with Crippen LogP contribution in [0.5, 0.6) is 5.75 Å². The molecule has 0 fully saturated rings. The Morgan fingerprint density at radius 3 is 2.48 bits per heavy atom. The first-order valence-corrected chi connectivity index (χ1v) is 10.1. The molecule has 1 aromatic carbocycles. The monoisotopic (exact) mass is 391 g/mol. The van der Waals surface area contributed by atoms with Crippen molar-refractivity contribution < 1.29 is 4.74 Å². The third kappa shape index (κ3) is 5.33. The van der Waals surface area contributed by atoms with E-state index in [0.717, 1.165) is 29.2 Å². The van der Waals surface area contributed by atoms with Crippen LogP contribution in [0, 0.1) is 0 Å². The van der Waals surface area contributed by atoms with Gasteiger partial charge in [-0.15, -0.1) is 0 Å². The molecule has 0 saturated carbocycles. The first-order chi connectivity index (χ1) is 14.0. The molecule has 0 atom stereocenters. The number of hydrogen-bond donors (Lipinski definition) is 0. The van der Waals surface area contributed by atoms with Crippen molar-refractivity contribution in [1.29, 1.82) is 0 Å². The average Bonchev–Trinajstić information content (AvgIpc) is 2.72. The van der Waals surface area contributed by atoms with E-state index in [1.807, 2.05) is 48.7 Å². The van der Waals surface area contributed by atoms with E-state index in [4.69, 9.17) is 4.74 Å². The van der Waals surface area contributed by atoms with Gasteiger partial charge in [-0.25, -0.2) is 0 Å². The molecule has 0 aliphatic rings. The Balaban J connectivity index is 1.78. The number of ether oxygens (including phenoxy) is 1. The van der Waals surface area contributed by atoms with Gasteiger partial charge in [0.2, 0.25) is 0 Å². The quantitative estimate of drug-likeness (QED) is 0.571. The molecule has 0 bridgehead atoms. The molecule has 3 aromatic rings. The maximum atomic E-state index is 12.5. The lowest BCUT2D eigenvalue weighted by atomic mass is 10.2. The Morgan fingerprint density at radius 1 is 1.00 bits per heavy atom. The highest BCUT2D eigenvalue weighted by atomic mass is 16.5. The summed E-state index contributed by atoms with van der Waals surface area (Å²) in [5.41, 5.74) is 2.40. The fraction of sp³-hybridized carbons (Fsp3) is 0.333. The average molecular weight is 392 g/mol. The molecule has 0 amide bonds. The fourth-order valence-corrected chi connectivity index (χ4v) is 3.48. The van der Waals surface area contributed by atoms with Crippen molar-refractivity contribution in [1.82, 2.24) is 14.5 Å². The van der Waals surface area contributed by atoms with Crippen molar-refractivity contribution in [2.24, 2.45) is 0 Å². The third-order valence-corrected chi connectivity index (χ3v) is 4.91. The summed E-state index contributed by atoms with van der Waals surface area (Å²) in [6.45, 7) is 10.2. The zero-order chi connectivity index (χ0) is 20.8. The highest BCUT2D eigenvalue weighted by molar-refractivity contribution is 5.58. The van der Waals surface area contributed by atoms with E-state index in [0.29, 0.717) is 18.7 Å². The summed E-state index contributed by atoms with van der Waals surface area (Å²) < 4.78 is 7.61. The van der Waals surface area contributed by atoms with E-state index in [-0.39, 0.29) is 5.56 Å². The number of benzene rings is 1. The summed E-state index contributed by atoms with van der Waals surface area (Å²) in [7, 11) is 0. The minimum Gasteiger partial charge on any atom is -0.492 e. The van der Waals surface area contributed by atoms with Crippen molar-refractivity contribution in [3.63, 3.8) is 0 Å². The second kappa shape index (κ2) is 9.52. The molecule has 152 valence electrons. The van der Waals surface area contributed by atoms with Gasteiger partial charge in [0.15, 0.2) is 0 Å². The molecule has 2 heterocycles. The molecule has 2 aromatic heterocycles. The normalized spacial score (nSPS) is 11.4. The highest BCUT2D eigenvalue weighted by Gasteiger charge is 2.13. The molecule has 0 radical (unpaired) electrons. The number of nitrogens with zero attached hydrogens (tertiary/aromatic N) is 3. The van der Waals surface area contributed by atoms with Crippen LogP contribution in [0.25, 0.3) is 16.9 Å². The van der Waals surface area contributed by atoms with Crippen LogP contribution in [-0.2, 0) is 0 Å². The van der Waals surface area contributed by atoms with Crippen LogP contribution in [0.15, 0.2) is 71.8 Å². The van der Waals surface area contributed by atoms with Crippen LogP contribution < -0.4 is 10.3 Å².